The zero-order chi connectivity index (χ0) is 13.9. The van der Waals surface area contributed by atoms with Crippen LogP contribution in [-0.4, -0.2) is 16.9 Å². The fraction of sp³-hybridized carbons (Fsp3) is 0.667. The van der Waals surface area contributed by atoms with Crippen molar-refractivity contribution in [2.45, 2.75) is 56.9 Å². The molecule has 0 spiro atoms. The lowest BCUT2D eigenvalue weighted by molar-refractivity contribution is 0.0932. The smallest absolute Gasteiger partial charge is 0.264 e. The number of thiazole rings is 1. The molecule has 2 saturated carbocycles. The van der Waals surface area contributed by atoms with Crippen LogP contribution in [0.5, 0.6) is 0 Å². The average Bonchev–Trinajstić information content (AvgIpc) is 3.22. The third-order valence-corrected chi connectivity index (χ3v) is 5.15. The fourth-order valence-corrected chi connectivity index (χ4v) is 3.78. The highest BCUT2D eigenvalue weighted by Crippen LogP contribution is 2.41. The lowest BCUT2D eigenvalue weighted by Crippen LogP contribution is -2.40. The average molecular weight is 289 g/mol. The first kappa shape index (κ1) is 13.6. The minimum atomic E-state index is -0.350. The lowest BCUT2D eigenvalue weighted by atomic mass is 9.84. The molecule has 1 amide bonds. The van der Waals surface area contributed by atoms with Crippen LogP contribution in [0.4, 0.5) is 0 Å². The predicted molar refractivity (Wildman–Crippen MR) is 77.5 cm³/mol. The number of aromatic nitrogens is 1. The van der Waals surface area contributed by atoms with Crippen molar-refractivity contribution in [3.8, 4) is 6.07 Å². The van der Waals surface area contributed by atoms with Crippen LogP contribution in [0.1, 0.15) is 66.2 Å². The van der Waals surface area contributed by atoms with Gasteiger partial charge in [0.2, 0.25) is 0 Å². The molecule has 2 aliphatic rings. The van der Waals surface area contributed by atoms with Gasteiger partial charge in [-0.15, -0.1) is 11.3 Å². The number of carbonyl (C=O) groups is 1. The number of nitrogens with one attached hydrogen (secondary N) is 1. The van der Waals surface area contributed by atoms with E-state index in [1.165, 1.54) is 30.6 Å². The summed E-state index contributed by atoms with van der Waals surface area (Å²) in [6.07, 6.45) is 7.97. The van der Waals surface area contributed by atoms with E-state index < -0.39 is 0 Å². The molecule has 0 aromatic carbocycles. The molecule has 1 atom stereocenters. The molecule has 2 aliphatic carbocycles. The zero-order valence-electron chi connectivity index (χ0n) is 11.5. The van der Waals surface area contributed by atoms with E-state index >= 15 is 0 Å². The molecule has 1 N–H and O–H groups in total. The van der Waals surface area contributed by atoms with Crippen LogP contribution >= 0.6 is 11.3 Å². The number of hydrogen-bond donors (Lipinski definition) is 1. The van der Waals surface area contributed by atoms with E-state index in [-0.39, 0.29) is 11.9 Å². The highest BCUT2D eigenvalue weighted by atomic mass is 32.1. The molecule has 3 rings (SSSR count). The van der Waals surface area contributed by atoms with Crippen molar-refractivity contribution in [2.24, 2.45) is 5.92 Å². The fourth-order valence-electron chi connectivity index (χ4n) is 3.00. The predicted octanol–water partition coefficient (Wildman–Crippen LogP) is 3.22. The molecule has 1 heterocycles. The second-order valence-corrected chi connectivity index (χ2v) is 6.67. The summed E-state index contributed by atoms with van der Waals surface area (Å²) in [7, 11) is 0. The largest absolute Gasteiger partial charge is 0.335 e. The molecule has 0 radical (unpaired) electrons. The minimum absolute atomic E-state index is 0.105. The third kappa shape index (κ3) is 2.85. The van der Waals surface area contributed by atoms with Crippen LogP contribution < -0.4 is 5.32 Å². The highest BCUT2D eigenvalue weighted by Gasteiger charge is 2.32. The molecule has 4 nitrogen and oxygen atoms in total. The van der Waals surface area contributed by atoms with E-state index in [9.17, 15) is 10.1 Å². The maximum atomic E-state index is 12.4. The van der Waals surface area contributed by atoms with Crippen LogP contribution in [0.25, 0.3) is 0 Å². The van der Waals surface area contributed by atoms with E-state index in [2.05, 4.69) is 16.4 Å². The molecule has 20 heavy (non-hydrogen) atoms. The van der Waals surface area contributed by atoms with Crippen molar-refractivity contribution in [2.75, 3.05) is 0 Å². The van der Waals surface area contributed by atoms with Crippen LogP contribution in [0.3, 0.4) is 0 Å². The summed E-state index contributed by atoms with van der Waals surface area (Å²) in [6.45, 7) is 0. The van der Waals surface area contributed by atoms with Gasteiger partial charge in [0.05, 0.1) is 17.3 Å². The molecule has 106 valence electrons. The number of nitrogens with zero attached hydrogens (tertiary/aromatic N) is 2. The van der Waals surface area contributed by atoms with Crippen molar-refractivity contribution in [1.29, 1.82) is 5.26 Å². The maximum Gasteiger partial charge on any atom is 0.264 e. The van der Waals surface area contributed by atoms with E-state index in [0.29, 0.717) is 16.7 Å². The van der Waals surface area contributed by atoms with Gasteiger partial charge in [0, 0.05) is 5.92 Å². The Morgan fingerprint density at radius 1 is 1.35 bits per heavy atom. The first-order valence-electron chi connectivity index (χ1n) is 7.43. The Kier molecular flexibility index (Phi) is 4.02. The van der Waals surface area contributed by atoms with E-state index in [1.54, 1.807) is 5.51 Å². The van der Waals surface area contributed by atoms with Crippen LogP contribution in [0, 0.1) is 17.2 Å². The monoisotopic (exact) mass is 289 g/mol. The summed E-state index contributed by atoms with van der Waals surface area (Å²) in [5, 5.41) is 12.3. The van der Waals surface area contributed by atoms with Gasteiger partial charge in [0.15, 0.2) is 0 Å². The van der Waals surface area contributed by atoms with Crippen molar-refractivity contribution >= 4 is 17.2 Å². The first-order chi connectivity index (χ1) is 9.79. The Morgan fingerprint density at radius 3 is 2.75 bits per heavy atom. The molecule has 0 aliphatic heterocycles. The highest BCUT2D eigenvalue weighted by molar-refractivity contribution is 7.11. The second kappa shape index (κ2) is 5.92. The van der Waals surface area contributed by atoms with Gasteiger partial charge in [-0.25, -0.2) is 4.98 Å². The summed E-state index contributed by atoms with van der Waals surface area (Å²) >= 11 is 1.39. The first-order valence-corrected chi connectivity index (χ1v) is 8.31. The zero-order valence-corrected chi connectivity index (χ0v) is 12.3. The summed E-state index contributed by atoms with van der Waals surface area (Å²) in [6, 6.07) is 1.93. The Morgan fingerprint density at radius 2 is 2.10 bits per heavy atom. The summed E-state index contributed by atoms with van der Waals surface area (Å²) in [4.78, 5) is 17.4. The van der Waals surface area contributed by atoms with Gasteiger partial charge < -0.3 is 5.32 Å². The molecular formula is C15H19N3OS. The molecule has 2 fully saturated rings. The van der Waals surface area contributed by atoms with Gasteiger partial charge >= 0.3 is 0 Å². The van der Waals surface area contributed by atoms with Crippen molar-refractivity contribution < 1.29 is 4.79 Å². The summed E-state index contributed by atoms with van der Waals surface area (Å²) in [5.41, 5.74) is 2.68. The summed E-state index contributed by atoms with van der Waals surface area (Å²) < 4.78 is 0. The van der Waals surface area contributed by atoms with E-state index in [0.717, 1.165) is 31.4 Å². The number of amides is 1. The van der Waals surface area contributed by atoms with Crippen molar-refractivity contribution in [1.82, 2.24) is 10.3 Å². The van der Waals surface area contributed by atoms with Crippen LogP contribution in [-0.2, 0) is 0 Å². The normalized spacial score (nSPS) is 21.1. The van der Waals surface area contributed by atoms with Crippen LogP contribution in [0.15, 0.2) is 5.51 Å². The van der Waals surface area contributed by atoms with Crippen molar-refractivity contribution in [3.05, 3.63) is 16.1 Å². The SMILES string of the molecule is N#CC(NC(=O)c1scnc1C1CC1)C1CCCCC1. The molecule has 5 heteroatoms. The van der Waals surface area contributed by atoms with Gasteiger partial charge in [-0.3, -0.25) is 4.79 Å². The van der Waals surface area contributed by atoms with Gasteiger partial charge in [-0.2, -0.15) is 5.26 Å². The summed E-state index contributed by atoms with van der Waals surface area (Å²) in [5.74, 6) is 0.679. The lowest BCUT2D eigenvalue weighted by Gasteiger charge is -2.26. The van der Waals surface area contributed by atoms with Gasteiger partial charge in [-0.05, 0) is 31.6 Å². The topological polar surface area (TPSA) is 65.8 Å². The molecular weight excluding hydrogens is 270 g/mol. The van der Waals surface area contributed by atoms with E-state index in [4.69, 9.17) is 0 Å². The Bertz CT molecular complexity index is 523. The minimum Gasteiger partial charge on any atom is -0.335 e. The Balaban J connectivity index is 1.67. The number of carbonyl (C=O) groups excluding carboxylic acids is 1. The molecule has 1 aromatic heterocycles. The maximum absolute atomic E-state index is 12.4. The second-order valence-electron chi connectivity index (χ2n) is 5.82. The van der Waals surface area contributed by atoms with Crippen molar-refractivity contribution in [3.63, 3.8) is 0 Å². The van der Waals surface area contributed by atoms with E-state index in [1.807, 2.05) is 0 Å². The molecule has 1 aromatic rings. The standard InChI is InChI=1S/C15H19N3OS/c16-8-12(10-4-2-1-3-5-10)18-15(19)14-13(11-6-7-11)17-9-20-14/h9-12H,1-7H2,(H,18,19). The van der Waals surface area contributed by atoms with Gasteiger partial charge in [0.1, 0.15) is 10.9 Å². The number of nitriles is 1. The molecule has 0 saturated heterocycles. The molecule has 1 unspecified atom stereocenters. The van der Waals surface area contributed by atoms with Crippen LogP contribution in [0.2, 0.25) is 0 Å². The third-order valence-electron chi connectivity index (χ3n) is 4.31. The number of rotatable bonds is 4. The Hall–Kier alpha value is -1.41. The van der Waals surface area contributed by atoms with Gasteiger partial charge in [-0.1, -0.05) is 19.3 Å². The van der Waals surface area contributed by atoms with Gasteiger partial charge in [0.25, 0.3) is 5.91 Å². The Labute approximate surface area is 123 Å². The quantitative estimate of drug-likeness (QED) is 0.925. The molecule has 0 bridgehead atoms. The number of hydrogen-bond acceptors (Lipinski definition) is 4.